The van der Waals surface area contributed by atoms with Gasteiger partial charge in [0.15, 0.2) is 0 Å². The first-order chi connectivity index (χ1) is 16.4. The van der Waals surface area contributed by atoms with Crippen molar-refractivity contribution in [1.82, 2.24) is 0 Å². The number of nitrogens with one attached hydrogen (secondary N) is 2. The molecule has 0 radical (unpaired) electrons. The molecule has 3 aromatic carbocycles. The van der Waals surface area contributed by atoms with E-state index in [0.29, 0.717) is 5.56 Å². The van der Waals surface area contributed by atoms with E-state index in [4.69, 9.17) is 52.1 Å². The Labute approximate surface area is 217 Å². The molecule has 12 heteroatoms. The van der Waals surface area contributed by atoms with Gasteiger partial charge in [0, 0.05) is 23.7 Å². The van der Waals surface area contributed by atoms with Crippen LogP contribution in [0.3, 0.4) is 0 Å². The largest absolute Gasteiger partial charge is 0.396 e. The van der Waals surface area contributed by atoms with Crippen LogP contribution in [0.1, 0.15) is 21.8 Å². The minimum atomic E-state index is -1.46. The number of rotatable bonds is 5. The fourth-order valence-corrected chi connectivity index (χ4v) is 4.84. The van der Waals surface area contributed by atoms with E-state index < -0.39 is 56.8 Å². The number of carbonyl (C=O) groups excluding carboxylic acids is 2. The molecule has 182 valence electrons. The van der Waals surface area contributed by atoms with Crippen LogP contribution in [0, 0.1) is 23.4 Å². The summed E-state index contributed by atoms with van der Waals surface area (Å²) in [6.07, 6.45) is 0. The van der Waals surface area contributed by atoms with Crippen LogP contribution < -0.4 is 16.4 Å². The van der Waals surface area contributed by atoms with Gasteiger partial charge in [-0.1, -0.05) is 29.3 Å². The quantitative estimate of drug-likeness (QED) is 0.237. The maximum atomic E-state index is 14.0. The molecular weight excluding hydrogens is 549 g/mol. The van der Waals surface area contributed by atoms with Crippen molar-refractivity contribution < 1.29 is 22.8 Å². The maximum Gasteiger partial charge on any atom is 0.257 e. The second-order valence-corrected chi connectivity index (χ2v) is 10.1. The predicted octanol–water partition coefficient (Wildman–Crippen LogP) is 6.77. The summed E-state index contributed by atoms with van der Waals surface area (Å²) in [5, 5.41) is 4.66. The summed E-state index contributed by atoms with van der Waals surface area (Å²) in [7, 11) is 0. The van der Waals surface area contributed by atoms with Gasteiger partial charge in [0.1, 0.15) is 21.8 Å². The molecule has 1 aliphatic carbocycles. The molecule has 35 heavy (non-hydrogen) atoms. The molecule has 0 spiro atoms. The highest BCUT2D eigenvalue weighted by atomic mass is 35.5. The van der Waals surface area contributed by atoms with E-state index in [0.717, 1.165) is 18.2 Å². The fraction of sp³-hybridized carbons (Fsp3) is 0.130. The number of anilines is 3. The smallest absolute Gasteiger partial charge is 0.257 e. The molecule has 3 aromatic rings. The highest BCUT2D eigenvalue weighted by Gasteiger charge is 2.67. The van der Waals surface area contributed by atoms with Crippen molar-refractivity contribution >= 4 is 75.3 Å². The molecule has 0 heterocycles. The Bertz CT molecular complexity index is 1370. The van der Waals surface area contributed by atoms with Crippen molar-refractivity contribution in [3.63, 3.8) is 0 Å². The van der Waals surface area contributed by atoms with Crippen LogP contribution in [0.15, 0.2) is 48.5 Å². The molecule has 2 atom stereocenters. The second kappa shape index (κ2) is 9.43. The van der Waals surface area contributed by atoms with Crippen LogP contribution in [0.2, 0.25) is 10.0 Å². The summed E-state index contributed by atoms with van der Waals surface area (Å²) in [5.41, 5.74) is 4.96. The van der Waals surface area contributed by atoms with Crippen LogP contribution in [0.5, 0.6) is 0 Å². The molecule has 0 aromatic heterocycles. The van der Waals surface area contributed by atoms with Crippen molar-refractivity contribution in [2.45, 2.75) is 10.3 Å². The number of halogens is 7. The van der Waals surface area contributed by atoms with Crippen LogP contribution in [0.4, 0.5) is 30.2 Å². The maximum absolute atomic E-state index is 14.0. The lowest BCUT2D eigenvalue weighted by Gasteiger charge is -2.11. The molecular formula is C23H14Cl4F3N3O2. The van der Waals surface area contributed by atoms with Gasteiger partial charge in [-0.25, -0.2) is 13.2 Å². The van der Waals surface area contributed by atoms with Gasteiger partial charge in [-0.15, -0.1) is 23.2 Å². The van der Waals surface area contributed by atoms with Gasteiger partial charge in [-0.2, -0.15) is 0 Å². The van der Waals surface area contributed by atoms with E-state index in [2.05, 4.69) is 10.6 Å². The number of carbonyl (C=O) groups is 2. The molecule has 1 saturated carbocycles. The van der Waals surface area contributed by atoms with Gasteiger partial charge in [0.05, 0.1) is 32.9 Å². The normalized spacial score (nSPS) is 18.1. The number of nitrogens with two attached hydrogens (primary N) is 1. The lowest BCUT2D eigenvalue weighted by molar-refractivity contribution is -0.117. The molecule has 5 nitrogen and oxygen atoms in total. The van der Waals surface area contributed by atoms with E-state index in [1.165, 1.54) is 30.3 Å². The summed E-state index contributed by atoms with van der Waals surface area (Å²) < 4.78 is 39.7. The van der Waals surface area contributed by atoms with E-state index >= 15 is 0 Å². The monoisotopic (exact) mass is 561 g/mol. The zero-order valence-corrected chi connectivity index (χ0v) is 20.3. The second-order valence-electron chi connectivity index (χ2n) is 7.79. The third-order valence-electron chi connectivity index (χ3n) is 5.45. The summed E-state index contributed by atoms with van der Waals surface area (Å²) in [5.74, 6) is -5.46. The SMILES string of the molecule is Nc1cc(F)c(NC(=O)c2cc(NC(=O)[C@H]3[C@H](c4ccc(F)c(Cl)c4)C3(Cl)Cl)ccc2Cl)cc1F. The Kier molecular flexibility index (Phi) is 6.85. The zero-order valence-electron chi connectivity index (χ0n) is 17.3. The average molecular weight is 563 g/mol. The van der Waals surface area contributed by atoms with Gasteiger partial charge < -0.3 is 16.4 Å². The molecule has 1 aliphatic rings. The summed E-state index contributed by atoms with van der Waals surface area (Å²) >= 11 is 24.5. The van der Waals surface area contributed by atoms with Crippen molar-refractivity contribution in [1.29, 1.82) is 0 Å². The first-order valence-corrected chi connectivity index (χ1v) is 11.4. The zero-order chi connectivity index (χ0) is 25.7. The molecule has 2 amide bonds. The van der Waals surface area contributed by atoms with E-state index in [9.17, 15) is 22.8 Å². The molecule has 4 N–H and O–H groups in total. The van der Waals surface area contributed by atoms with Crippen molar-refractivity contribution in [3.8, 4) is 0 Å². The van der Waals surface area contributed by atoms with E-state index in [1.807, 2.05) is 0 Å². The van der Waals surface area contributed by atoms with E-state index in [-0.39, 0.29) is 21.3 Å². The highest BCUT2D eigenvalue weighted by Crippen LogP contribution is 2.65. The number of hydrogen-bond donors (Lipinski definition) is 3. The minimum absolute atomic E-state index is 0.00823. The molecule has 0 bridgehead atoms. The van der Waals surface area contributed by atoms with Gasteiger partial charge >= 0.3 is 0 Å². The first kappa shape index (κ1) is 25.4. The van der Waals surface area contributed by atoms with Gasteiger partial charge in [0.25, 0.3) is 5.91 Å². The number of alkyl halides is 2. The topological polar surface area (TPSA) is 84.2 Å². The van der Waals surface area contributed by atoms with Gasteiger partial charge in [-0.05, 0) is 35.9 Å². The average Bonchev–Trinajstić information content (AvgIpc) is 3.37. The Hall–Kier alpha value is -2.65. The Morgan fingerprint density at radius 3 is 2.26 bits per heavy atom. The van der Waals surface area contributed by atoms with Gasteiger partial charge in [-0.3, -0.25) is 9.59 Å². The van der Waals surface area contributed by atoms with Crippen molar-refractivity contribution in [2.24, 2.45) is 5.92 Å². The Morgan fingerprint density at radius 2 is 1.57 bits per heavy atom. The standard InChI is InChI=1S/C23H14Cl4F3N3O2/c24-12-3-2-10(6-11(12)21(34)33-18-8-15(29)17(31)7-16(18)30)32-22(35)20-19(23(20,26)27)9-1-4-14(28)13(25)5-9/h1-8,19-20H,31H2,(H,32,35)(H,33,34)/t19-,20+/m0/s1. The number of amides is 2. The summed E-state index contributed by atoms with van der Waals surface area (Å²) in [6, 6.07) is 9.40. The fourth-order valence-electron chi connectivity index (χ4n) is 3.62. The molecule has 0 aliphatic heterocycles. The molecule has 4 rings (SSSR count). The molecule has 1 fully saturated rings. The molecule has 0 unspecified atom stereocenters. The minimum Gasteiger partial charge on any atom is -0.396 e. The van der Waals surface area contributed by atoms with Crippen LogP contribution in [-0.4, -0.2) is 16.1 Å². The van der Waals surface area contributed by atoms with Crippen molar-refractivity contribution in [2.75, 3.05) is 16.4 Å². The van der Waals surface area contributed by atoms with Crippen molar-refractivity contribution in [3.05, 3.63) is 87.2 Å². The summed E-state index contributed by atoms with van der Waals surface area (Å²) in [4.78, 5) is 25.5. The van der Waals surface area contributed by atoms with E-state index in [1.54, 1.807) is 0 Å². The van der Waals surface area contributed by atoms with Crippen LogP contribution in [0.25, 0.3) is 0 Å². The summed E-state index contributed by atoms with van der Waals surface area (Å²) in [6.45, 7) is 0. The number of nitrogen functional groups attached to an aromatic ring is 1. The van der Waals surface area contributed by atoms with Crippen LogP contribution in [-0.2, 0) is 4.79 Å². The third kappa shape index (κ3) is 5.02. The lowest BCUT2D eigenvalue weighted by Crippen LogP contribution is -2.18. The third-order valence-corrected chi connectivity index (χ3v) is 7.01. The van der Waals surface area contributed by atoms with Gasteiger partial charge in [0.2, 0.25) is 5.91 Å². The number of hydrogen-bond acceptors (Lipinski definition) is 3. The first-order valence-electron chi connectivity index (χ1n) is 9.89. The Morgan fingerprint density at radius 1 is 0.857 bits per heavy atom. The molecule has 0 saturated heterocycles. The highest BCUT2D eigenvalue weighted by molar-refractivity contribution is 6.53. The number of benzene rings is 3. The lowest BCUT2D eigenvalue weighted by atomic mass is 10.1. The predicted molar refractivity (Wildman–Crippen MR) is 131 cm³/mol. The van der Waals surface area contributed by atoms with Crippen LogP contribution >= 0.6 is 46.4 Å². The Balaban J connectivity index is 1.52.